The van der Waals surface area contributed by atoms with Gasteiger partial charge in [-0.1, -0.05) is 6.92 Å². The number of hydrogen-bond acceptors (Lipinski definition) is 4. The minimum atomic E-state index is 0.540. The van der Waals surface area contributed by atoms with E-state index in [2.05, 4.69) is 22.4 Å². The fourth-order valence-corrected chi connectivity index (χ4v) is 0.796. The van der Waals surface area contributed by atoms with Crippen LogP contribution in [0.5, 0.6) is 0 Å². The molecule has 1 aromatic heterocycles. The van der Waals surface area contributed by atoms with Crippen LogP contribution in [-0.4, -0.2) is 16.7 Å². The van der Waals surface area contributed by atoms with Crippen molar-refractivity contribution in [3.8, 4) is 6.07 Å². The number of nitriles is 1. The zero-order valence-corrected chi connectivity index (χ0v) is 6.91. The average Bonchev–Trinajstić information content (AvgIpc) is 2.15. The Morgan fingerprint density at radius 1 is 1.67 bits per heavy atom. The average molecular weight is 162 g/mol. The molecule has 12 heavy (non-hydrogen) atoms. The summed E-state index contributed by atoms with van der Waals surface area (Å²) in [4.78, 5) is 0. The van der Waals surface area contributed by atoms with Gasteiger partial charge in [0, 0.05) is 6.54 Å². The molecule has 0 bridgehead atoms. The van der Waals surface area contributed by atoms with E-state index in [-0.39, 0.29) is 0 Å². The molecule has 62 valence electrons. The van der Waals surface area contributed by atoms with E-state index in [1.54, 1.807) is 6.07 Å². The van der Waals surface area contributed by atoms with Crippen molar-refractivity contribution in [1.82, 2.24) is 10.2 Å². The van der Waals surface area contributed by atoms with E-state index >= 15 is 0 Å². The molecule has 1 heterocycles. The Bertz CT molecular complexity index is 289. The fourth-order valence-electron chi connectivity index (χ4n) is 0.796. The molecule has 4 nitrogen and oxygen atoms in total. The van der Waals surface area contributed by atoms with E-state index in [1.807, 2.05) is 6.07 Å². The first-order valence-electron chi connectivity index (χ1n) is 3.84. The lowest BCUT2D eigenvalue weighted by atomic mass is 10.3. The number of anilines is 1. The molecule has 0 aliphatic rings. The second-order valence-electron chi connectivity index (χ2n) is 2.33. The molecule has 0 aliphatic carbocycles. The summed E-state index contributed by atoms with van der Waals surface area (Å²) in [5, 5.41) is 19.2. The third-order valence-electron chi connectivity index (χ3n) is 1.38. The van der Waals surface area contributed by atoms with Crippen LogP contribution in [0.3, 0.4) is 0 Å². The lowest BCUT2D eigenvalue weighted by Crippen LogP contribution is -2.04. The van der Waals surface area contributed by atoms with Crippen molar-refractivity contribution in [3.63, 3.8) is 0 Å². The van der Waals surface area contributed by atoms with Crippen LogP contribution in [0.1, 0.15) is 18.9 Å². The molecule has 0 unspecified atom stereocenters. The molecule has 0 saturated heterocycles. The first kappa shape index (κ1) is 8.47. The summed E-state index contributed by atoms with van der Waals surface area (Å²) in [6.45, 7) is 2.86. The number of nitrogens with one attached hydrogen (secondary N) is 1. The molecular formula is C8H10N4. The van der Waals surface area contributed by atoms with E-state index in [1.165, 1.54) is 6.20 Å². The van der Waals surface area contributed by atoms with Crippen LogP contribution in [0.15, 0.2) is 12.3 Å². The zero-order chi connectivity index (χ0) is 8.81. The molecule has 1 rings (SSSR count). The predicted octanol–water partition coefficient (Wildman–Crippen LogP) is 1.17. The van der Waals surface area contributed by atoms with Crippen LogP contribution in [0.4, 0.5) is 5.82 Å². The van der Waals surface area contributed by atoms with Crippen LogP contribution in [0.25, 0.3) is 0 Å². The molecule has 0 fully saturated rings. The second kappa shape index (κ2) is 4.29. The molecule has 0 amide bonds. The maximum atomic E-state index is 8.66. The standard InChI is InChI=1S/C8H10N4/c1-2-4-10-8-7(6-9)3-5-11-12-8/h3,5H,2,4H2,1H3,(H,10,12). The topological polar surface area (TPSA) is 61.6 Å². The molecule has 4 heteroatoms. The van der Waals surface area contributed by atoms with Gasteiger partial charge < -0.3 is 5.32 Å². The Morgan fingerprint density at radius 2 is 2.50 bits per heavy atom. The Balaban J connectivity index is 2.77. The van der Waals surface area contributed by atoms with Crippen LogP contribution in [0, 0.1) is 11.3 Å². The molecular weight excluding hydrogens is 152 g/mol. The van der Waals surface area contributed by atoms with Crippen LogP contribution >= 0.6 is 0 Å². The Hall–Kier alpha value is -1.63. The summed E-state index contributed by atoms with van der Waals surface area (Å²) in [5.41, 5.74) is 0.540. The first-order valence-corrected chi connectivity index (χ1v) is 3.84. The zero-order valence-electron chi connectivity index (χ0n) is 6.91. The van der Waals surface area contributed by atoms with Gasteiger partial charge in [-0.2, -0.15) is 10.4 Å². The lowest BCUT2D eigenvalue weighted by molar-refractivity contribution is 0.941. The van der Waals surface area contributed by atoms with Crippen molar-refractivity contribution in [2.75, 3.05) is 11.9 Å². The van der Waals surface area contributed by atoms with Gasteiger partial charge in [0.15, 0.2) is 5.82 Å². The summed E-state index contributed by atoms with van der Waals surface area (Å²) in [6.07, 6.45) is 2.51. The highest BCUT2D eigenvalue weighted by molar-refractivity contribution is 5.49. The van der Waals surface area contributed by atoms with Crippen LogP contribution in [0.2, 0.25) is 0 Å². The van der Waals surface area contributed by atoms with Crippen molar-refractivity contribution < 1.29 is 0 Å². The van der Waals surface area contributed by atoms with E-state index < -0.39 is 0 Å². The van der Waals surface area contributed by atoms with Crippen molar-refractivity contribution in [2.45, 2.75) is 13.3 Å². The van der Waals surface area contributed by atoms with Gasteiger partial charge in [0.1, 0.15) is 6.07 Å². The smallest absolute Gasteiger partial charge is 0.166 e. The predicted molar refractivity (Wildman–Crippen MR) is 45.5 cm³/mol. The summed E-state index contributed by atoms with van der Waals surface area (Å²) in [5.74, 6) is 0.571. The Labute approximate surface area is 71.2 Å². The number of hydrogen-bond donors (Lipinski definition) is 1. The Kier molecular flexibility index (Phi) is 3.03. The highest BCUT2D eigenvalue weighted by Gasteiger charge is 2.00. The van der Waals surface area contributed by atoms with Crippen LogP contribution < -0.4 is 5.32 Å². The van der Waals surface area contributed by atoms with Gasteiger partial charge in [-0.05, 0) is 12.5 Å². The number of rotatable bonds is 3. The molecule has 0 aliphatic heterocycles. The van der Waals surface area contributed by atoms with E-state index in [4.69, 9.17) is 5.26 Å². The molecule has 0 radical (unpaired) electrons. The normalized spacial score (nSPS) is 9.00. The van der Waals surface area contributed by atoms with Gasteiger partial charge >= 0.3 is 0 Å². The first-order chi connectivity index (χ1) is 5.88. The third-order valence-corrected chi connectivity index (χ3v) is 1.38. The Morgan fingerprint density at radius 3 is 3.17 bits per heavy atom. The van der Waals surface area contributed by atoms with Gasteiger partial charge in [-0.25, -0.2) is 0 Å². The minimum Gasteiger partial charge on any atom is -0.367 e. The van der Waals surface area contributed by atoms with Crippen molar-refractivity contribution in [2.24, 2.45) is 0 Å². The van der Waals surface area contributed by atoms with Gasteiger partial charge in [0.2, 0.25) is 0 Å². The molecule has 0 saturated carbocycles. The van der Waals surface area contributed by atoms with Gasteiger partial charge in [0.25, 0.3) is 0 Å². The second-order valence-corrected chi connectivity index (χ2v) is 2.33. The van der Waals surface area contributed by atoms with Gasteiger partial charge in [-0.3, -0.25) is 0 Å². The van der Waals surface area contributed by atoms with Crippen LogP contribution in [-0.2, 0) is 0 Å². The minimum absolute atomic E-state index is 0.540. The van der Waals surface area contributed by atoms with Crippen molar-refractivity contribution >= 4 is 5.82 Å². The summed E-state index contributed by atoms with van der Waals surface area (Å²) in [7, 11) is 0. The van der Waals surface area contributed by atoms with Crippen molar-refractivity contribution in [1.29, 1.82) is 5.26 Å². The van der Waals surface area contributed by atoms with E-state index in [0.29, 0.717) is 11.4 Å². The number of aromatic nitrogens is 2. The maximum Gasteiger partial charge on any atom is 0.166 e. The largest absolute Gasteiger partial charge is 0.367 e. The monoisotopic (exact) mass is 162 g/mol. The van der Waals surface area contributed by atoms with Gasteiger partial charge in [-0.15, -0.1) is 5.10 Å². The summed E-state index contributed by atoms with van der Waals surface area (Å²) in [6, 6.07) is 3.68. The molecule has 0 atom stereocenters. The maximum absolute atomic E-state index is 8.66. The fraction of sp³-hybridized carbons (Fsp3) is 0.375. The molecule has 0 aromatic carbocycles. The molecule has 0 spiro atoms. The van der Waals surface area contributed by atoms with Gasteiger partial charge in [0.05, 0.1) is 11.8 Å². The quantitative estimate of drug-likeness (QED) is 0.724. The highest BCUT2D eigenvalue weighted by Crippen LogP contribution is 2.07. The third kappa shape index (κ3) is 1.92. The van der Waals surface area contributed by atoms with E-state index in [0.717, 1.165) is 13.0 Å². The molecule has 1 N–H and O–H groups in total. The SMILES string of the molecule is CCCNc1nnccc1C#N. The lowest BCUT2D eigenvalue weighted by Gasteiger charge is -2.02. The van der Waals surface area contributed by atoms with E-state index in [9.17, 15) is 0 Å². The molecule has 1 aromatic rings. The van der Waals surface area contributed by atoms with Crippen molar-refractivity contribution in [3.05, 3.63) is 17.8 Å². The summed E-state index contributed by atoms with van der Waals surface area (Å²) >= 11 is 0. The summed E-state index contributed by atoms with van der Waals surface area (Å²) < 4.78 is 0. The highest BCUT2D eigenvalue weighted by atomic mass is 15.2. The number of nitrogens with zero attached hydrogens (tertiary/aromatic N) is 3.